The number of benzene rings is 1. The monoisotopic (exact) mass is 360 g/mol. The zero-order valence-corrected chi connectivity index (χ0v) is 14.4. The van der Waals surface area contributed by atoms with Gasteiger partial charge in [-0.15, -0.1) is 16.9 Å². The number of nitrogens with zero attached hydrogens (tertiary/aromatic N) is 4. The molecule has 25 heavy (non-hydrogen) atoms. The molecule has 0 N–H and O–H groups in total. The molecule has 0 unspecified atom stereocenters. The van der Waals surface area contributed by atoms with E-state index in [9.17, 15) is 14.4 Å². The maximum Gasteiger partial charge on any atom is 0.331 e. The van der Waals surface area contributed by atoms with Crippen LogP contribution in [0.3, 0.4) is 0 Å². The van der Waals surface area contributed by atoms with E-state index in [0.29, 0.717) is 23.1 Å². The Balaban J connectivity index is 1.50. The van der Waals surface area contributed by atoms with Crippen molar-refractivity contribution in [3.05, 3.63) is 34.6 Å². The summed E-state index contributed by atoms with van der Waals surface area (Å²) in [7, 11) is 0. The van der Waals surface area contributed by atoms with Gasteiger partial charge in [0.05, 0.1) is 10.3 Å². The van der Waals surface area contributed by atoms with Gasteiger partial charge >= 0.3 is 5.97 Å². The fourth-order valence-corrected chi connectivity index (χ4v) is 4.74. The number of esters is 1. The van der Waals surface area contributed by atoms with E-state index in [0.717, 1.165) is 11.1 Å². The average molecular weight is 360 g/mol. The zero-order valence-electron chi connectivity index (χ0n) is 13.5. The standard InChI is InChI=1S/C16H16N4O4S/c1-16-7-6-13(21)20(16)12(8-25-16)15(23)24-9-19-14(22)10-4-2-3-5-11(10)17-18-19/h2-5,12H,6-9H2,1H3/t12-,16-/m1/s1. The quantitative estimate of drug-likeness (QED) is 0.745. The van der Waals surface area contributed by atoms with Crippen LogP contribution in [0.25, 0.3) is 10.9 Å². The second-order valence-electron chi connectivity index (χ2n) is 6.27. The highest BCUT2D eigenvalue weighted by atomic mass is 32.2. The Labute approximate surface area is 147 Å². The van der Waals surface area contributed by atoms with Gasteiger partial charge in [0.15, 0.2) is 6.73 Å². The van der Waals surface area contributed by atoms with Gasteiger partial charge in [-0.25, -0.2) is 4.79 Å². The SMILES string of the molecule is C[C@@]12CCC(=O)N1[C@@H](C(=O)OCn1nnc3ccccc3c1=O)CS2. The van der Waals surface area contributed by atoms with Gasteiger partial charge in [0.1, 0.15) is 11.6 Å². The molecule has 2 saturated heterocycles. The van der Waals surface area contributed by atoms with Crippen molar-refractivity contribution in [2.24, 2.45) is 0 Å². The van der Waals surface area contributed by atoms with E-state index in [1.54, 1.807) is 40.9 Å². The molecule has 0 aliphatic carbocycles. The van der Waals surface area contributed by atoms with Crippen LogP contribution in [0.4, 0.5) is 0 Å². The van der Waals surface area contributed by atoms with Gasteiger partial charge in [-0.1, -0.05) is 17.3 Å². The number of amides is 1. The largest absolute Gasteiger partial charge is 0.441 e. The van der Waals surface area contributed by atoms with E-state index in [-0.39, 0.29) is 23.1 Å². The van der Waals surface area contributed by atoms with Crippen LogP contribution in [0, 0.1) is 0 Å². The van der Waals surface area contributed by atoms with Crippen molar-refractivity contribution >= 4 is 34.5 Å². The molecule has 2 fully saturated rings. The second-order valence-corrected chi connectivity index (χ2v) is 7.77. The lowest BCUT2D eigenvalue weighted by atomic mass is 10.2. The first-order valence-corrected chi connectivity index (χ1v) is 8.93. The number of thioether (sulfide) groups is 1. The lowest BCUT2D eigenvalue weighted by Gasteiger charge is -2.29. The summed E-state index contributed by atoms with van der Waals surface area (Å²) < 4.78 is 6.26. The van der Waals surface area contributed by atoms with E-state index in [1.807, 2.05) is 6.92 Å². The highest BCUT2D eigenvalue weighted by Gasteiger charge is 2.53. The average Bonchev–Trinajstić information content (AvgIpc) is 3.11. The molecule has 130 valence electrons. The molecule has 2 aliphatic heterocycles. The predicted molar refractivity (Wildman–Crippen MR) is 90.6 cm³/mol. The predicted octanol–water partition coefficient (Wildman–Crippen LogP) is 0.746. The fraction of sp³-hybridized carbons (Fsp3) is 0.438. The number of carbonyl (C=O) groups is 2. The van der Waals surface area contributed by atoms with Gasteiger partial charge in [0.25, 0.3) is 5.56 Å². The molecule has 3 heterocycles. The van der Waals surface area contributed by atoms with Crippen LogP contribution >= 0.6 is 11.8 Å². The smallest absolute Gasteiger partial charge is 0.331 e. The first-order valence-electron chi connectivity index (χ1n) is 7.95. The number of fused-ring (bicyclic) bond motifs is 2. The van der Waals surface area contributed by atoms with Gasteiger partial charge < -0.3 is 9.64 Å². The Kier molecular flexibility index (Phi) is 3.75. The summed E-state index contributed by atoms with van der Waals surface area (Å²) in [6.45, 7) is 1.64. The van der Waals surface area contributed by atoms with Crippen LogP contribution in [0.15, 0.2) is 29.1 Å². The molecule has 9 heteroatoms. The first-order chi connectivity index (χ1) is 12.0. The van der Waals surface area contributed by atoms with Crippen LogP contribution in [0.5, 0.6) is 0 Å². The molecule has 4 rings (SSSR count). The molecule has 0 spiro atoms. The maximum atomic E-state index is 12.4. The maximum absolute atomic E-state index is 12.4. The van der Waals surface area contributed by atoms with Crippen molar-refractivity contribution in [3.8, 4) is 0 Å². The third-order valence-electron chi connectivity index (χ3n) is 4.68. The molecule has 1 aromatic heterocycles. The minimum Gasteiger partial charge on any atom is -0.441 e. The van der Waals surface area contributed by atoms with Crippen LogP contribution < -0.4 is 5.56 Å². The number of carbonyl (C=O) groups excluding carboxylic acids is 2. The van der Waals surface area contributed by atoms with Crippen molar-refractivity contribution in [1.82, 2.24) is 19.9 Å². The minimum atomic E-state index is -0.617. The van der Waals surface area contributed by atoms with E-state index < -0.39 is 12.0 Å². The van der Waals surface area contributed by atoms with Crippen molar-refractivity contribution in [3.63, 3.8) is 0 Å². The second kappa shape index (κ2) is 5.83. The molecule has 2 aromatic rings. The van der Waals surface area contributed by atoms with E-state index in [4.69, 9.17) is 4.74 Å². The zero-order chi connectivity index (χ0) is 17.6. The van der Waals surface area contributed by atoms with Crippen LogP contribution in [-0.2, 0) is 21.1 Å². The molecule has 1 aromatic carbocycles. The number of ether oxygens (including phenoxy) is 1. The van der Waals surface area contributed by atoms with Crippen molar-refractivity contribution in [2.45, 2.75) is 37.4 Å². The Morgan fingerprint density at radius 1 is 1.40 bits per heavy atom. The van der Waals surface area contributed by atoms with E-state index >= 15 is 0 Å². The lowest BCUT2D eigenvalue weighted by Crippen LogP contribution is -2.47. The van der Waals surface area contributed by atoms with Crippen LogP contribution in [0.1, 0.15) is 19.8 Å². The Hall–Kier alpha value is -2.42. The molecule has 2 aliphatic rings. The molecule has 0 saturated carbocycles. The molecular weight excluding hydrogens is 344 g/mol. The third kappa shape index (κ3) is 2.58. The van der Waals surface area contributed by atoms with Gasteiger partial charge in [-0.05, 0) is 25.5 Å². The van der Waals surface area contributed by atoms with Gasteiger partial charge in [-0.3, -0.25) is 9.59 Å². The molecule has 0 bridgehead atoms. The summed E-state index contributed by atoms with van der Waals surface area (Å²) in [6, 6.07) is 6.22. The van der Waals surface area contributed by atoms with Crippen molar-refractivity contribution < 1.29 is 14.3 Å². The molecule has 2 atom stereocenters. The van der Waals surface area contributed by atoms with Gasteiger partial charge in [0, 0.05) is 12.2 Å². The normalized spacial score (nSPS) is 25.4. The summed E-state index contributed by atoms with van der Waals surface area (Å²) in [6.07, 6.45) is 1.18. The third-order valence-corrected chi connectivity index (χ3v) is 6.18. The highest BCUT2D eigenvalue weighted by molar-refractivity contribution is 8.01. The summed E-state index contributed by atoms with van der Waals surface area (Å²) in [5, 5.41) is 8.15. The first kappa shape index (κ1) is 16.1. The minimum absolute atomic E-state index is 0.0305. The molecule has 0 radical (unpaired) electrons. The highest BCUT2D eigenvalue weighted by Crippen LogP contribution is 2.47. The Morgan fingerprint density at radius 3 is 3.04 bits per heavy atom. The van der Waals surface area contributed by atoms with Crippen molar-refractivity contribution in [1.29, 1.82) is 0 Å². The summed E-state index contributed by atoms with van der Waals surface area (Å²) in [5.74, 6) is -0.0511. The topological polar surface area (TPSA) is 94.4 Å². The van der Waals surface area contributed by atoms with Crippen molar-refractivity contribution in [2.75, 3.05) is 5.75 Å². The van der Waals surface area contributed by atoms with Crippen LogP contribution in [-0.4, -0.2) is 48.4 Å². The van der Waals surface area contributed by atoms with Gasteiger partial charge in [-0.2, -0.15) is 4.68 Å². The number of hydrogen-bond donors (Lipinski definition) is 0. The van der Waals surface area contributed by atoms with E-state index in [2.05, 4.69) is 10.3 Å². The number of aromatic nitrogens is 3. The summed E-state index contributed by atoms with van der Waals surface area (Å²) in [4.78, 5) is 38.1. The fourth-order valence-electron chi connectivity index (χ4n) is 3.32. The molecular formula is C16H16N4O4S. The van der Waals surface area contributed by atoms with Crippen LogP contribution in [0.2, 0.25) is 0 Å². The summed E-state index contributed by atoms with van der Waals surface area (Å²) >= 11 is 1.59. The molecule has 8 nitrogen and oxygen atoms in total. The summed E-state index contributed by atoms with van der Waals surface area (Å²) in [5.41, 5.74) is 0.113. The van der Waals surface area contributed by atoms with Gasteiger partial charge in [0.2, 0.25) is 5.91 Å². The number of rotatable bonds is 3. The van der Waals surface area contributed by atoms with E-state index in [1.165, 1.54) is 0 Å². The number of hydrogen-bond acceptors (Lipinski definition) is 7. The Morgan fingerprint density at radius 2 is 2.20 bits per heavy atom. The Bertz CT molecular complexity index is 930. The molecule has 1 amide bonds. The lowest BCUT2D eigenvalue weighted by molar-refractivity contribution is -0.157.